The molecule has 0 bridgehead atoms. The van der Waals surface area contributed by atoms with Crippen molar-refractivity contribution < 1.29 is 14.0 Å². The summed E-state index contributed by atoms with van der Waals surface area (Å²) < 4.78 is 15.3. The Morgan fingerprint density at radius 2 is 1.67 bits per heavy atom. The number of hydrogen-bond donors (Lipinski definition) is 0. The summed E-state index contributed by atoms with van der Waals surface area (Å²) >= 11 is 6.46. The van der Waals surface area contributed by atoms with E-state index in [4.69, 9.17) is 0 Å². The van der Waals surface area contributed by atoms with Crippen LogP contribution in [0.15, 0.2) is 45.3 Å². The zero-order chi connectivity index (χ0) is 15.1. The van der Waals surface area contributed by atoms with Gasteiger partial charge in [0.25, 0.3) is 11.7 Å². The Labute approximate surface area is 137 Å². The highest BCUT2D eigenvalue weighted by atomic mass is 79.9. The van der Waals surface area contributed by atoms with E-state index in [0.717, 1.165) is 4.47 Å². The summed E-state index contributed by atoms with van der Waals surface area (Å²) in [6, 6.07) is 9.65. The zero-order valence-electron chi connectivity index (χ0n) is 10.6. The fourth-order valence-electron chi connectivity index (χ4n) is 2.25. The largest absolute Gasteiger partial charge is 0.300 e. The van der Waals surface area contributed by atoms with Gasteiger partial charge in [0.15, 0.2) is 0 Å². The summed E-state index contributed by atoms with van der Waals surface area (Å²) in [5, 5.41) is 0. The van der Waals surface area contributed by atoms with Crippen LogP contribution in [0.1, 0.15) is 15.9 Å². The van der Waals surface area contributed by atoms with Crippen LogP contribution < -0.4 is 4.90 Å². The van der Waals surface area contributed by atoms with Gasteiger partial charge in [0, 0.05) is 14.5 Å². The average molecular weight is 413 g/mol. The highest BCUT2D eigenvalue weighted by molar-refractivity contribution is 9.10. The first-order valence-corrected chi connectivity index (χ1v) is 7.65. The number of hydrogen-bond acceptors (Lipinski definition) is 2. The molecule has 0 unspecified atom stereocenters. The number of carbonyl (C=O) groups is 2. The first-order valence-electron chi connectivity index (χ1n) is 6.07. The maximum atomic E-state index is 13.9. The number of halogens is 3. The van der Waals surface area contributed by atoms with E-state index in [2.05, 4.69) is 31.9 Å². The van der Waals surface area contributed by atoms with Crippen molar-refractivity contribution in [2.24, 2.45) is 0 Å². The van der Waals surface area contributed by atoms with Crippen molar-refractivity contribution in [3.8, 4) is 0 Å². The van der Waals surface area contributed by atoms with E-state index in [9.17, 15) is 14.0 Å². The molecule has 2 aromatic rings. The van der Waals surface area contributed by atoms with Gasteiger partial charge in [-0.05, 0) is 30.3 Å². The summed E-state index contributed by atoms with van der Waals surface area (Å²) in [5.74, 6) is -1.62. The van der Waals surface area contributed by atoms with Crippen molar-refractivity contribution >= 4 is 49.2 Å². The Kier molecular flexibility index (Phi) is 3.67. The van der Waals surface area contributed by atoms with Gasteiger partial charge in [0.05, 0.1) is 17.8 Å². The third-order valence-electron chi connectivity index (χ3n) is 3.28. The molecule has 1 heterocycles. The Balaban J connectivity index is 2.00. The molecule has 0 saturated carbocycles. The van der Waals surface area contributed by atoms with Crippen molar-refractivity contribution in [3.05, 3.63) is 62.3 Å². The Hall–Kier alpha value is -1.53. The Morgan fingerprint density at radius 3 is 2.38 bits per heavy atom. The number of Topliss-reactive ketones (excluding diaryl/α,β-unsaturated/α-hetero) is 1. The number of benzene rings is 2. The fraction of sp³-hybridized carbons (Fsp3) is 0.0667. The predicted octanol–water partition coefficient (Wildman–Crippen LogP) is 4.08. The van der Waals surface area contributed by atoms with Crippen LogP contribution >= 0.6 is 31.9 Å². The molecule has 3 rings (SSSR count). The van der Waals surface area contributed by atoms with Crippen LogP contribution in [0.5, 0.6) is 0 Å². The lowest BCUT2D eigenvalue weighted by Crippen LogP contribution is -2.29. The van der Waals surface area contributed by atoms with E-state index in [0.29, 0.717) is 21.3 Å². The fourth-order valence-corrected chi connectivity index (χ4v) is 2.94. The van der Waals surface area contributed by atoms with Gasteiger partial charge in [-0.2, -0.15) is 0 Å². The average Bonchev–Trinajstić information content (AvgIpc) is 2.66. The van der Waals surface area contributed by atoms with E-state index in [1.54, 1.807) is 30.3 Å². The van der Waals surface area contributed by atoms with Crippen molar-refractivity contribution in [2.75, 3.05) is 4.90 Å². The Bertz CT molecular complexity index is 776. The number of fused-ring (bicyclic) bond motifs is 1. The molecule has 21 heavy (non-hydrogen) atoms. The van der Waals surface area contributed by atoms with Gasteiger partial charge in [-0.1, -0.05) is 37.9 Å². The second-order valence-electron chi connectivity index (χ2n) is 4.62. The van der Waals surface area contributed by atoms with Crippen LogP contribution in [-0.2, 0) is 11.3 Å². The maximum Gasteiger partial charge on any atom is 0.299 e. The smallest absolute Gasteiger partial charge is 0.299 e. The number of anilines is 1. The lowest BCUT2D eigenvalue weighted by molar-refractivity contribution is -0.114. The van der Waals surface area contributed by atoms with Crippen LogP contribution in [0.25, 0.3) is 0 Å². The van der Waals surface area contributed by atoms with E-state index in [-0.39, 0.29) is 6.54 Å². The van der Waals surface area contributed by atoms with E-state index < -0.39 is 17.5 Å². The minimum atomic E-state index is -0.634. The molecule has 3 nitrogen and oxygen atoms in total. The quantitative estimate of drug-likeness (QED) is 0.697. The van der Waals surface area contributed by atoms with Crippen LogP contribution in [-0.4, -0.2) is 11.7 Å². The molecule has 0 atom stereocenters. The zero-order valence-corrected chi connectivity index (χ0v) is 13.7. The Morgan fingerprint density at radius 1 is 1.00 bits per heavy atom. The van der Waals surface area contributed by atoms with Gasteiger partial charge in [-0.25, -0.2) is 4.39 Å². The minimum Gasteiger partial charge on any atom is -0.300 e. The highest BCUT2D eigenvalue weighted by Gasteiger charge is 2.36. The lowest BCUT2D eigenvalue weighted by atomic mass is 10.1. The van der Waals surface area contributed by atoms with Crippen molar-refractivity contribution in [1.82, 2.24) is 0 Å². The summed E-state index contributed by atoms with van der Waals surface area (Å²) in [5.41, 5.74) is 1.21. The minimum absolute atomic E-state index is 0.0261. The van der Waals surface area contributed by atoms with Gasteiger partial charge in [-0.3, -0.25) is 9.59 Å². The lowest BCUT2D eigenvalue weighted by Gasteiger charge is -2.17. The first-order chi connectivity index (χ1) is 9.97. The van der Waals surface area contributed by atoms with Gasteiger partial charge in [0.2, 0.25) is 0 Å². The normalized spacial score (nSPS) is 13.8. The summed E-state index contributed by atoms with van der Waals surface area (Å²) in [6.45, 7) is 0.0261. The predicted molar refractivity (Wildman–Crippen MR) is 83.8 cm³/mol. The van der Waals surface area contributed by atoms with Crippen molar-refractivity contribution in [2.45, 2.75) is 6.54 Å². The number of amides is 1. The SMILES string of the molecule is O=C1C(=O)N(Cc2ccc(Br)cc2F)c2ccc(Br)cc21. The molecule has 0 aliphatic carbocycles. The van der Waals surface area contributed by atoms with Gasteiger partial charge in [-0.15, -0.1) is 0 Å². The molecule has 0 aromatic heterocycles. The summed E-state index contributed by atoms with van der Waals surface area (Å²) in [6.07, 6.45) is 0. The van der Waals surface area contributed by atoms with Crippen molar-refractivity contribution in [1.29, 1.82) is 0 Å². The van der Waals surface area contributed by atoms with E-state index >= 15 is 0 Å². The third kappa shape index (κ3) is 2.53. The molecule has 106 valence electrons. The second kappa shape index (κ2) is 5.35. The van der Waals surface area contributed by atoms with E-state index in [1.165, 1.54) is 11.0 Å². The standard InChI is InChI=1S/C15H8Br2FNO2/c16-9-3-4-13-11(5-9)14(20)15(21)19(13)7-8-1-2-10(17)6-12(8)18/h1-6H,7H2. The monoisotopic (exact) mass is 411 g/mol. The molecule has 0 fully saturated rings. The molecule has 0 N–H and O–H groups in total. The van der Waals surface area contributed by atoms with Gasteiger partial charge >= 0.3 is 0 Å². The van der Waals surface area contributed by atoms with Crippen LogP contribution in [0.2, 0.25) is 0 Å². The molecular formula is C15H8Br2FNO2. The number of rotatable bonds is 2. The molecule has 2 aromatic carbocycles. The first kappa shape index (κ1) is 14.4. The van der Waals surface area contributed by atoms with Gasteiger partial charge in [0.1, 0.15) is 5.82 Å². The topological polar surface area (TPSA) is 37.4 Å². The van der Waals surface area contributed by atoms with Gasteiger partial charge < -0.3 is 4.90 Å². The molecular weight excluding hydrogens is 405 g/mol. The number of nitrogens with zero attached hydrogens (tertiary/aromatic N) is 1. The molecule has 0 saturated heterocycles. The van der Waals surface area contributed by atoms with E-state index in [1.807, 2.05) is 0 Å². The molecule has 1 aliphatic heterocycles. The number of ketones is 1. The molecule has 1 aliphatic rings. The maximum absolute atomic E-state index is 13.9. The van der Waals surface area contributed by atoms with Crippen LogP contribution in [0.3, 0.4) is 0 Å². The van der Waals surface area contributed by atoms with Crippen LogP contribution in [0.4, 0.5) is 10.1 Å². The second-order valence-corrected chi connectivity index (χ2v) is 6.45. The highest BCUT2D eigenvalue weighted by Crippen LogP contribution is 2.33. The molecule has 1 amide bonds. The molecule has 0 spiro atoms. The molecule has 0 radical (unpaired) electrons. The number of carbonyl (C=O) groups excluding carboxylic acids is 2. The summed E-state index contributed by atoms with van der Waals surface area (Å²) in [7, 11) is 0. The van der Waals surface area contributed by atoms with Crippen LogP contribution in [0, 0.1) is 5.82 Å². The molecule has 6 heteroatoms. The van der Waals surface area contributed by atoms with Crippen molar-refractivity contribution in [3.63, 3.8) is 0 Å². The third-order valence-corrected chi connectivity index (χ3v) is 4.26. The summed E-state index contributed by atoms with van der Waals surface area (Å²) in [4.78, 5) is 25.4.